The second kappa shape index (κ2) is 7.72. The lowest BCUT2D eigenvalue weighted by atomic mass is 9.74. The number of hydrogen-bond acceptors (Lipinski definition) is 3. The summed E-state index contributed by atoms with van der Waals surface area (Å²) in [5, 5.41) is 13.2. The van der Waals surface area contributed by atoms with Gasteiger partial charge in [-0.25, -0.2) is 0 Å². The van der Waals surface area contributed by atoms with Crippen molar-refractivity contribution in [2.45, 2.75) is 56.6 Å². The van der Waals surface area contributed by atoms with Crippen LogP contribution in [0.1, 0.15) is 36.9 Å². The molecule has 5 aromatic rings. The second-order valence-corrected chi connectivity index (χ2v) is 12.0. The van der Waals surface area contributed by atoms with Crippen LogP contribution in [0.15, 0.2) is 48.5 Å². The normalized spacial score (nSPS) is 25.9. The molecule has 3 aromatic carbocycles. The van der Waals surface area contributed by atoms with Gasteiger partial charge in [-0.1, -0.05) is 36.4 Å². The number of rotatable bonds is 2. The van der Waals surface area contributed by atoms with Crippen LogP contribution in [0.3, 0.4) is 0 Å². The molecule has 2 aliphatic heterocycles. The molecule has 0 spiro atoms. The number of methoxy groups -OCH3 is 1. The van der Waals surface area contributed by atoms with E-state index in [1.807, 2.05) is 14.2 Å². The third kappa shape index (κ3) is 2.57. The zero-order valence-electron chi connectivity index (χ0n) is 22.3. The number of nitrogens with zero attached hydrogens (tertiary/aromatic N) is 3. The van der Waals surface area contributed by atoms with Gasteiger partial charge in [-0.15, -0.1) is 0 Å². The van der Waals surface area contributed by atoms with E-state index in [0.29, 0.717) is 6.04 Å². The van der Waals surface area contributed by atoms with Gasteiger partial charge < -0.3 is 29.4 Å². The molecule has 1 saturated carbocycles. The molecule has 8 rings (SSSR count). The molecule has 0 radical (unpaired) electrons. The van der Waals surface area contributed by atoms with Crippen LogP contribution in [0.4, 0.5) is 0 Å². The van der Waals surface area contributed by atoms with Crippen molar-refractivity contribution >= 4 is 60.9 Å². The van der Waals surface area contributed by atoms with E-state index in [1.165, 1.54) is 54.7 Å². The molecule has 0 saturated heterocycles. The zero-order chi connectivity index (χ0) is 25.9. The van der Waals surface area contributed by atoms with E-state index in [-0.39, 0.29) is 17.7 Å². The van der Waals surface area contributed by atoms with Gasteiger partial charge in [0.15, 0.2) is 5.11 Å². The van der Waals surface area contributed by atoms with Gasteiger partial charge in [0, 0.05) is 72.9 Å². The maximum absolute atomic E-state index is 6.49. The summed E-state index contributed by atoms with van der Waals surface area (Å²) in [6, 6.07) is 18.5. The topological polar surface area (TPSA) is 46.4 Å². The van der Waals surface area contributed by atoms with Gasteiger partial charge in [0.1, 0.15) is 6.10 Å². The Bertz CT molecular complexity index is 1820. The highest BCUT2D eigenvalue weighted by molar-refractivity contribution is 7.80. The average Bonchev–Trinajstić information content (AvgIpc) is 3.62. The Hall–Kier alpha value is -3.13. The van der Waals surface area contributed by atoms with Crippen molar-refractivity contribution < 1.29 is 4.74 Å². The third-order valence-corrected chi connectivity index (χ3v) is 10.4. The van der Waals surface area contributed by atoms with Gasteiger partial charge >= 0.3 is 0 Å². The number of likely N-dealkylation sites (N-methyl/N-ethyl adjacent to an activating group) is 1. The maximum Gasteiger partial charge on any atom is 0.168 e. The lowest BCUT2D eigenvalue weighted by Gasteiger charge is -2.51. The largest absolute Gasteiger partial charge is 0.377 e. The number of ether oxygens (including phenoxy) is 1. The summed E-state index contributed by atoms with van der Waals surface area (Å²) in [7, 11) is 5.91. The number of hydrogen-bond donors (Lipinski definition) is 2. The first-order valence-corrected chi connectivity index (χ1v) is 14.1. The van der Waals surface area contributed by atoms with Crippen LogP contribution in [0, 0.1) is 0 Å². The Labute approximate surface area is 227 Å². The molecule has 6 nitrogen and oxygen atoms in total. The molecule has 38 heavy (non-hydrogen) atoms. The molecular weight excluding hydrogens is 490 g/mol. The molecule has 194 valence electrons. The summed E-state index contributed by atoms with van der Waals surface area (Å²) in [5.41, 5.74) is 8.06. The predicted molar refractivity (Wildman–Crippen MR) is 159 cm³/mol. The van der Waals surface area contributed by atoms with Crippen molar-refractivity contribution in [3.63, 3.8) is 0 Å². The summed E-state index contributed by atoms with van der Waals surface area (Å²) in [4.78, 5) is 2.24. The number of nitrogens with one attached hydrogen (secondary N) is 2. The van der Waals surface area contributed by atoms with Gasteiger partial charge in [0.2, 0.25) is 0 Å². The standard InChI is InChI=1S/C31H33N5OS/c1-31-14-17(13-24(29(31)37-4)34(3)30(38)32-2)35-22-11-7-5-9-18(22)25-20-15-33-16-21(20)26-19-10-6-8-12-23(19)36(31)28(26)27(25)35/h5-12,17,24,29,33H,13-16H2,1-4H3,(H,32,38)/t17-,24+,29+,31-/m0/s1. The van der Waals surface area contributed by atoms with Crippen molar-refractivity contribution in [3.05, 3.63) is 59.7 Å². The van der Waals surface area contributed by atoms with E-state index < -0.39 is 0 Å². The molecule has 0 unspecified atom stereocenters. The summed E-state index contributed by atoms with van der Waals surface area (Å²) in [6.07, 6.45) is 1.94. The van der Waals surface area contributed by atoms with E-state index in [1.54, 1.807) is 0 Å². The van der Waals surface area contributed by atoms with Crippen molar-refractivity contribution in [1.29, 1.82) is 0 Å². The first-order valence-electron chi connectivity index (χ1n) is 13.7. The quantitative estimate of drug-likeness (QED) is 0.304. The second-order valence-electron chi connectivity index (χ2n) is 11.6. The Morgan fingerprint density at radius 1 is 1.03 bits per heavy atom. The molecule has 1 fully saturated rings. The van der Waals surface area contributed by atoms with E-state index >= 15 is 0 Å². The van der Waals surface area contributed by atoms with Gasteiger partial charge in [-0.3, -0.25) is 0 Å². The van der Waals surface area contributed by atoms with Crippen LogP contribution >= 0.6 is 12.2 Å². The minimum atomic E-state index is -0.269. The summed E-state index contributed by atoms with van der Waals surface area (Å²) >= 11 is 5.78. The minimum Gasteiger partial charge on any atom is -0.377 e. The van der Waals surface area contributed by atoms with Crippen molar-refractivity contribution in [2.75, 3.05) is 21.2 Å². The highest BCUT2D eigenvalue weighted by Crippen LogP contribution is 2.55. The zero-order valence-corrected chi connectivity index (χ0v) is 23.2. The van der Waals surface area contributed by atoms with E-state index in [2.05, 4.69) is 87.2 Å². The number of benzene rings is 3. The number of fused-ring (bicyclic) bond motifs is 13. The Morgan fingerprint density at radius 2 is 1.66 bits per heavy atom. The summed E-state index contributed by atoms with van der Waals surface area (Å²) in [5.74, 6) is 0. The number of para-hydroxylation sites is 2. The average molecular weight is 524 g/mol. The lowest BCUT2D eigenvalue weighted by Crippen LogP contribution is -2.61. The summed E-state index contributed by atoms with van der Waals surface area (Å²) in [6.45, 7) is 4.25. The third-order valence-electron chi connectivity index (χ3n) is 9.87. The Balaban J connectivity index is 1.61. The number of thiocarbonyl (C=S) groups is 1. The van der Waals surface area contributed by atoms with Crippen LogP contribution in [0.25, 0.3) is 43.6 Å². The minimum absolute atomic E-state index is 0.0358. The molecule has 0 amide bonds. The van der Waals surface area contributed by atoms with E-state index in [9.17, 15) is 0 Å². The molecule has 2 N–H and O–H groups in total. The SMILES string of the molecule is CNC(=S)N(C)[C@@H]1C[C@H]2C[C@@](C)([C@@H]1OC)n1c3ccccc3c3c4c(c5c6ccccc6n2c5c31)CNC4. The maximum atomic E-state index is 6.49. The van der Waals surface area contributed by atoms with Crippen molar-refractivity contribution in [2.24, 2.45) is 0 Å². The molecule has 7 heteroatoms. The fourth-order valence-corrected chi connectivity index (χ4v) is 8.63. The molecule has 4 heterocycles. The highest BCUT2D eigenvalue weighted by Gasteiger charge is 2.53. The first-order chi connectivity index (χ1) is 18.5. The van der Waals surface area contributed by atoms with Crippen molar-refractivity contribution in [3.8, 4) is 0 Å². The van der Waals surface area contributed by atoms with Gasteiger partial charge in [-0.2, -0.15) is 0 Å². The number of aromatic nitrogens is 2. The predicted octanol–water partition coefficient (Wildman–Crippen LogP) is 5.39. The van der Waals surface area contributed by atoms with Gasteiger partial charge in [-0.05, 0) is 55.2 Å². The molecule has 4 atom stereocenters. The molecule has 2 aromatic heterocycles. The molecular formula is C31H33N5OS. The first kappa shape index (κ1) is 22.8. The summed E-state index contributed by atoms with van der Waals surface area (Å²) < 4.78 is 11.9. The van der Waals surface area contributed by atoms with Crippen molar-refractivity contribution in [1.82, 2.24) is 24.7 Å². The van der Waals surface area contributed by atoms with Crippen LogP contribution in [-0.4, -0.2) is 52.5 Å². The lowest BCUT2D eigenvalue weighted by molar-refractivity contribution is -0.0717. The Kier molecular flexibility index (Phi) is 4.63. The van der Waals surface area contributed by atoms with Crippen LogP contribution in [-0.2, 0) is 23.4 Å². The van der Waals surface area contributed by atoms with Crippen LogP contribution in [0.2, 0.25) is 0 Å². The highest BCUT2D eigenvalue weighted by atomic mass is 32.1. The van der Waals surface area contributed by atoms with Crippen LogP contribution < -0.4 is 10.6 Å². The van der Waals surface area contributed by atoms with Crippen LogP contribution in [0.5, 0.6) is 0 Å². The molecule has 3 aliphatic rings. The Morgan fingerprint density at radius 3 is 2.34 bits per heavy atom. The van der Waals surface area contributed by atoms with E-state index in [4.69, 9.17) is 17.0 Å². The van der Waals surface area contributed by atoms with Gasteiger partial charge in [0.05, 0.1) is 22.6 Å². The fraction of sp³-hybridized carbons (Fsp3) is 0.387. The van der Waals surface area contributed by atoms with Gasteiger partial charge in [0.25, 0.3) is 0 Å². The molecule has 1 aliphatic carbocycles. The van der Waals surface area contributed by atoms with E-state index in [0.717, 1.165) is 31.0 Å². The monoisotopic (exact) mass is 523 g/mol. The fourth-order valence-electron chi connectivity index (χ4n) is 8.49. The molecule has 2 bridgehead atoms. The smallest absolute Gasteiger partial charge is 0.168 e.